The van der Waals surface area contributed by atoms with Gasteiger partial charge in [-0.05, 0) is 38.0 Å². The van der Waals surface area contributed by atoms with Gasteiger partial charge in [0.15, 0.2) is 5.96 Å². The number of carboxylic acid groups (broad SMARTS) is 1. The van der Waals surface area contributed by atoms with Gasteiger partial charge in [-0.3, -0.25) is 25.1 Å². The number of likely N-dealkylation sites (tertiary alicyclic amines) is 1. The summed E-state index contributed by atoms with van der Waals surface area (Å²) in [5, 5.41) is 24.7. The molecule has 0 bridgehead atoms. The van der Waals surface area contributed by atoms with E-state index in [1.54, 1.807) is 4.90 Å². The number of guanidine groups is 1. The van der Waals surface area contributed by atoms with E-state index in [1.165, 1.54) is 6.42 Å². The highest BCUT2D eigenvalue weighted by Gasteiger charge is 2.36. The maximum atomic E-state index is 13.4. The van der Waals surface area contributed by atoms with E-state index in [2.05, 4.69) is 16.0 Å². The zero-order valence-corrected chi connectivity index (χ0v) is 18.3. The molecule has 1 heterocycles. The van der Waals surface area contributed by atoms with E-state index in [-0.39, 0.29) is 24.3 Å². The van der Waals surface area contributed by atoms with Gasteiger partial charge in [-0.2, -0.15) is 0 Å². The average molecular weight is 439 g/mol. The highest BCUT2D eigenvalue weighted by atomic mass is 16.4. The fourth-order valence-corrected chi connectivity index (χ4v) is 4.55. The van der Waals surface area contributed by atoms with Gasteiger partial charge in [-0.25, -0.2) is 0 Å². The van der Waals surface area contributed by atoms with Crippen LogP contribution < -0.4 is 21.7 Å². The molecule has 176 valence electrons. The van der Waals surface area contributed by atoms with E-state index in [1.807, 2.05) is 0 Å². The van der Waals surface area contributed by atoms with Crippen molar-refractivity contribution in [3.8, 4) is 0 Å². The number of rotatable bonds is 11. The molecule has 2 rings (SSSR count). The predicted octanol–water partition coefficient (Wildman–Crippen LogP) is 0.370. The first-order chi connectivity index (χ1) is 14.9. The molecule has 0 spiro atoms. The van der Waals surface area contributed by atoms with Crippen LogP contribution in [-0.4, -0.2) is 72.0 Å². The van der Waals surface area contributed by atoms with Crippen LogP contribution in [0, 0.1) is 11.3 Å². The number of hydrogen-bond acceptors (Lipinski definition) is 5. The molecule has 31 heavy (non-hydrogen) atoms. The molecule has 1 aliphatic heterocycles. The topological polar surface area (TPSA) is 161 Å². The Hall–Kier alpha value is -2.36. The van der Waals surface area contributed by atoms with Crippen LogP contribution >= 0.6 is 0 Å². The first-order valence-electron chi connectivity index (χ1n) is 11.5. The summed E-state index contributed by atoms with van der Waals surface area (Å²) in [6.07, 6.45) is 9.22. The van der Waals surface area contributed by atoms with Crippen molar-refractivity contribution in [1.29, 1.82) is 5.41 Å². The van der Waals surface area contributed by atoms with Gasteiger partial charge in [0, 0.05) is 19.6 Å². The summed E-state index contributed by atoms with van der Waals surface area (Å²) in [5.41, 5.74) is 5.24. The van der Waals surface area contributed by atoms with Crippen molar-refractivity contribution in [2.24, 2.45) is 11.7 Å². The van der Waals surface area contributed by atoms with Crippen molar-refractivity contribution in [1.82, 2.24) is 20.9 Å². The molecule has 1 saturated carbocycles. The lowest BCUT2D eigenvalue weighted by Gasteiger charge is -2.38. The van der Waals surface area contributed by atoms with E-state index < -0.39 is 18.1 Å². The monoisotopic (exact) mass is 438 g/mol. The van der Waals surface area contributed by atoms with Gasteiger partial charge in [0.1, 0.15) is 6.04 Å². The molecule has 2 fully saturated rings. The minimum absolute atomic E-state index is 0.103. The standard InChI is InChI=1S/C21H38N6O4/c22-21(23)25-11-6-10-24-19(30)17-9-4-5-12-27(17)20(31)16(26-14-18(28)29)13-15-7-2-1-3-8-15/h15-17,26H,1-14H2,(H,24,30)(H,28,29)(H4,22,23,25). The van der Waals surface area contributed by atoms with Gasteiger partial charge in [0.2, 0.25) is 11.8 Å². The summed E-state index contributed by atoms with van der Waals surface area (Å²) in [6, 6.07) is -1.10. The Bertz CT molecular complexity index is 623. The molecule has 1 aliphatic carbocycles. The SMILES string of the molecule is N=C(N)NCCCNC(=O)C1CCCCN1C(=O)C(CC1CCCCC1)NCC(=O)O. The molecule has 0 aromatic heterocycles. The lowest BCUT2D eigenvalue weighted by molar-refractivity contribution is -0.145. The first kappa shape index (κ1) is 24.9. The highest BCUT2D eigenvalue weighted by molar-refractivity contribution is 5.90. The Morgan fingerprint density at radius 2 is 1.71 bits per heavy atom. The number of carbonyl (C=O) groups excluding carboxylic acids is 2. The van der Waals surface area contributed by atoms with Crippen molar-refractivity contribution in [3.05, 3.63) is 0 Å². The van der Waals surface area contributed by atoms with Crippen molar-refractivity contribution >= 4 is 23.7 Å². The molecule has 7 N–H and O–H groups in total. The third kappa shape index (κ3) is 8.72. The predicted molar refractivity (Wildman–Crippen MR) is 118 cm³/mol. The highest BCUT2D eigenvalue weighted by Crippen LogP contribution is 2.28. The molecular weight excluding hydrogens is 400 g/mol. The lowest BCUT2D eigenvalue weighted by atomic mass is 9.84. The second-order valence-electron chi connectivity index (χ2n) is 8.60. The third-order valence-corrected chi connectivity index (χ3v) is 6.15. The minimum Gasteiger partial charge on any atom is -0.480 e. The number of nitrogens with two attached hydrogens (primary N) is 1. The summed E-state index contributed by atoms with van der Waals surface area (Å²) in [7, 11) is 0. The smallest absolute Gasteiger partial charge is 0.317 e. The molecule has 0 aromatic rings. The van der Waals surface area contributed by atoms with Crippen LogP contribution in [0.2, 0.25) is 0 Å². The molecular formula is C21H38N6O4. The van der Waals surface area contributed by atoms with Crippen LogP contribution in [0.25, 0.3) is 0 Å². The first-order valence-corrected chi connectivity index (χ1v) is 11.5. The van der Waals surface area contributed by atoms with E-state index in [9.17, 15) is 14.4 Å². The van der Waals surface area contributed by atoms with Crippen LogP contribution in [0.1, 0.15) is 64.2 Å². The van der Waals surface area contributed by atoms with Crippen molar-refractivity contribution < 1.29 is 19.5 Å². The Labute approximate surface area is 184 Å². The zero-order valence-electron chi connectivity index (χ0n) is 18.3. The minimum atomic E-state index is -0.992. The normalized spacial score (nSPS) is 20.6. The van der Waals surface area contributed by atoms with Gasteiger partial charge in [-0.15, -0.1) is 0 Å². The summed E-state index contributed by atoms with van der Waals surface area (Å²) in [6.45, 7) is 1.17. The maximum Gasteiger partial charge on any atom is 0.317 e. The summed E-state index contributed by atoms with van der Waals surface area (Å²) in [4.78, 5) is 38.9. The van der Waals surface area contributed by atoms with Crippen LogP contribution in [0.3, 0.4) is 0 Å². The Morgan fingerprint density at radius 3 is 2.39 bits per heavy atom. The summed E-state index contributed by atoms with van der Waals surface area (Å²) in [5.74, 6) is -1.02. The van der Waals surface area contributed by atoms with E-state index in [0.717, 1.165) is 38.5 Å². The Kier molecular flexibility index (Phi) is 10.6. The average Bonchev–Trinajstić information content (AvgIpc) is 2.76. The number of aliphatic carboxylic acids is 1. The molecule has 2 unspecified atom stereocenters. The van der Waals surface area contributed by atoms with Crippen LogP contribution in [0.5, 0.6) is 0 Å². The van der Waals surface area contributed by atoms with Crippen molar-refractivity contribution in [2.45, 2.75) is 76.3 Å². The second-order valence-corrected chi connectivity index (χ2v) is 8.60. The van der Waals surface area contributed by atoms with E-state index >= 15 is 0 Å². The Balaban J connectivity index is 1.97. The number of carboxylic acids is 1. The summed E-state index contributed by atoms with van der Waals surface area (Å²) >= 11 is 0. The maximum absolute atomic E-state index is 13.4. The number of carbonyl (C=O) groups is 3. The van der Waals surface area contributed by atoms with Gasteiger partial charge < -0.3 is 26.4 Å². The molecule has 0 radical (unpaired) electrons. The number of nitrogens with one attached hydrogen (secondary N) is 4. The third-order valence-electron chi connectivity index (χ3n) is 6.15. The number of piperidine rings is 1. The molecule has 2 atom stereocenters. The number of nitrogens with zero attached hydrogens (tertiary/aromatic N) is 1. The molecule has 0 aromatic carbocycles. The molecule has 2 amide bonds. The van der Waals surface area contributed by atoms with Crippen molar-refractivity contribution in [2.75, 3.05) is 26.2 Å². The van der Waals surface area contributed by atoms with Gasteiger partial charge >= 0.3 is 5.97 Å². The fourth-order valence-electron chi connectivity index (χ4n) is 4.55. The van der Waals surface area contributed by atoms with Crippen LogP contribution in [-0.2, 0) is 14.4 Å². The van der Waals surface area contributed by atoms with Crippen LogP contribution in [0.15, 0.2) is 0 Å². The second kappa shape index (κ2) is 13.1. The fraction of sp³-hybridized carbons (Fsp3) is 0.810. The Morgan fingerprint density at radius 1 is 1.03 bits per heavy atom. The van der Waals surface area contributed by atoms with Gasteiger partial charge in [0.05, 0.1) is 12.6 Å². The van der Waals surface area contributed by atoms with E-state index in [4.69, 9.17) is 16.2 Å². The molecule has 2 aliphatic rings. The van der Waals surface area contributed by atoms with Gasteiger partial charge in [0.25, 0.3) is 0 Å². The largest absolute Gasteiger partial charge is 0.480 e. The molecule has 10 heteroatoms. The zero-order chi connectivity index (χ0) is 22.6. The summed E-state index contributed by atoms with van der Waals surface area (Å²) < 4.78 is 0. The number of hydrogen-bond donors (Lipinski definition) is 6. The van der Waals surface area contributed by atoms with Crippen molar-refractivity contribution in [3.63, 3.8) is 0 Å². The lowest BCUT2D eigenvalue weighted by Crippen LogP contribution is -2.57. The van der Waals surface area contributed by atoms with Crippen LogP contribution in [0.4, 0.5) is 0 Å². The number of amides is 2. The van der Waals surface area contributed by atoms with E-state index in [0.29, 0.717) is 44.8 Å². The quantitative estimate of drug-likeness (QED) is 0.154. The molecule has 10 nitrogen and oxygen atoms in total. The molecule has 1 saturated heterocycles. The van der Waals surface area contributed by atoms with Gasteiger partial charge in [-0.1, -0.05) is 32.1 Å².